The van der Waals surface area contributed by atoms with E-state index in [0.29, 0.717) is 34.7 Å². The van der Waals surface area contributed by atoms with Crippen molar-refractivity contribution in [1.29, 1.82) is 0 Å². The first-order valence-electron chi connectivity index (χ1n) is 17.7. The standard InChI is InChI=1S/C42H43N5O5/c1-8-26-20(3)29-16-31-22(5)28(14-15-35(49)43-25-12-10-24(19-48)11-13-25)39(46-31)37-38(42(51)52-7)41(50)36-23(6)32(47-40(36)37)18-34-27(9-2)21(4)30(45-34)17-33(26)44-29/h8,10-13,16-18,22,28,38,46,48,50H,1,9,14-15,19H2,2-7H3,(H,43,49)/t22-,28-,38?/m0/s1. The number of nitrogens with one attached hydrogen (secondary N) is 2. The number of aliphatic hydroxyl groups excluding tert-OH is 2. The molecule has 0 aromatic heterocycles. The van der Waals surface area contributed by atoms with Crippen LogP contribution in [0.4, 0.5) is 5.69 Å². The average molecular weight is 698 g/mol. The third-order valence-electron chi connectivity index (χ3n) is 11.0. The van der Waals surface area contributed by atoms with Gasteiger partial charge < -0.3 is 25.6 Å². The van der Waals surface area contributed by atoms with Gasteiger partial charge in [0, 0.05) is 52.1 Å². The molecule has 1 amide bonds. The summed E-state index contributed by atoms with van der Waals surface area (Å²) in [4.78, 5) is 42.1. The Morgan fingerprint density at radius 2 is 1.71 bits per heavy atom. The summed E-state index contributed by atoms with van der Waals surface area (Å²) in [7, 11) is 1.31. The molecule has 1 aromatic carbocycles. The van der Waals surface area contributed by atoms with Crippen LogP contribution in [0.5, 0.6) is 0 Å². The van der Waals surface area contributed by atoms with E-state index in [4.69, 9.17) is 19.7 Å². The van der Waals surface area contributed by atoms with E-state index in [1.54, 1.807) is 24.3 Å². The number of hydrogen-bond acceptors (Lipinski definition) is 9. The second-order valence-corrected chi connectivity index (χ2v) is 13.8. The normalized spacial score (nSPS) is 23.4. The molecule has 10 heteroatoms. The molecule has 52 heavy (non-hydrogen) atoms. The zero-order valence-electron chi connectivity index (χ0n) is 30.3. The van der Waals surface area contributed by atoms with Crippen molar-refractivity contribution in [2.45, 2.75) is 60.5 Å². The maximum absolute atomic E-state index is 13.5. The maximum atomic E-state index is 13.5. The van der Waals surface area contributed by atoms with Crippen LogP contribution in [0.15, 0.2) is 143 Å². The minimum Gasteiger partial charge on any atom is -0.510 e. The Bertz CT molecular complexity index is 2200. The maximum Gasteiger partial charge on any atom is 0.321 e. The molecule has 4 N–H and O–H groups in total. The van der Waals surface area contributed by atoms with E-state index < -0.39 is 11.9 Å². The number of nitrogens with zero attached hydrogens (tertiary/aromatic N) is 3. The molecule has 0 radical (unpaired) electrons. The fourth-order valence-electron chi connectivity index (χ4n) is 7.98. The summed E-state index contributed by atoms with van der Waals surface area (Å²) in [6, 6.07) is 7.07. The molecule has 266 valence electrons. The molecule has 7 rings (SSSR count). The van der Waals surface area contributed by atoms with Gasteiger partial charge in [0.2, 0.25) is 5.91 Å². The summed E-state index contributed by atoms with van der Waals surface area (Å²) < 4.78 is 5.27. The molecule has 8 bridgehead atoms. The van der Waals surface area contributed by atoms with Gasteiger partial charge in [0.25, 0.3) is 0 Å². The van der Waals surface area contributed by atoms with Gasteiger partial charge in [-0.1, -0.05) is 38.6 Å². The summed E-state index contributed by atoms with van der Waals surface area (Å²) in [6.07, 6.45) is 9.23. The van der Waals surface area contributed by atoms with Crippen LogP contribution in [0.1, 0.15) is 59.4 Å². The molecule has 1 unspecified atom stereocenters. The highest BCUT2D eigenvalue weighted by Gasteiger charge is 2.49. The number of rotatable bonds is 8. The van der Waals surface area contributed by atoms with Gasteiger partial charge in [-0.25, -0.2) is 15.0 Å². The van der Waals surface area contributed by atoms with Crippen molar-refractivity contribution < 1.29 is 24.5 Å². The van der Waals surface area contributed by atoms with Crippen LogP contribution in [-0.4, -0.2) is 46.3 Å². The summed E-state index contributed by atoms with van der Waals surface area (Å²) in [5, 5.41) is 27.8. The number of amides is 1. The number of esters is 1. The number of hydrogen-bond donors (Lipinski definition) is 4. The van der Waals surface area contributed by atoms with E-state index in [-0.39, 0.29) is 36.5 Å². The zero-order valence-corrected chi connectivity index (χ0v) is 30.3. The number of anilines is 1. The summed E-state index contributed by atoms with van der Waals surface area (Å²) in [6.45, 7) is 14.2. The Hall–Kier alpha value is -5.61. The van der Waals surface area contributed by atoms with Crippen molar-refractivity contribution in [3.05, 3.63) is 134 Å². The summed E-state index contributed by atoms with van der Waals surface area (Å²) >= 11 is 0. The molecule has 1 aromatic rings. The Morgan fingerprint density at radius 1 is 1.00 bits per heavy atom. The van der Waals surface area contributed by atoms with Crippen molar-refractivity contribution in [3.8, 4) is 0 Å². The fraction of sp³-hybridized carbons (Fsp3) is 0.310. The van der Waals surface area contributed by atoms with Gasteiger partial charge in [-0.3, -0.25) is 9.59 Å². The van der Waals surface area contributed by atoms with E-state index in [9.17, 15) is 19.8 Å². The molecule has 10 nitrogen and oxygen atoms in total. The highest BCUT2D eigenvalue weighted by molar-refractivity contribution is 6.24. The molecule has 1 fully saturated rings. The Morgan fingerprint density at radius 3 is 2.38 bits per heavy atom. The van der Waals surface area contributed by atoms with Crippen LogP contribution in [0.25, 0.3) is 0 Å². The predicted molar refractivity (Wildman–Crippen MR) is 203 cm³/mol. The lowest BCUT2D eigenvalue weighted by atomic mass is 9.84. The predicted octanol–water partition coefficient (Wildman–Crippen LogP) is 7.15. The van der Waals surface area contributed by atoms with Crippen LogP contribution in [-0.2, 0) is 20.9 Å². The highest BCUT2D eigenvalue weighted by Crippen LogP contribution is 2.49. The number of methoxy groups -OCH3 is 1. The van der Waals surface area contributed by atoms with Gasteiger partial charge in [0.1, 0.15) is 11.7 Å². The van der Waals surface area contributed by atoms with E-state index in [0.717, 1.165) is 74.1 Å². The van der Waals surface area contributed by atoms with Crippen LogP contribution in [0.2, 0.25) is 0 Å². The first-order chi connectivity index (χ1) is 25.0. The van der Waals surface area contributed by atoms with Crippen molar-refractivity contribution in [1.82, 2.24) is 5.32 Å². The average Bonchev–Trinajstić information content (AvgIpc) is 3.88. The number of aliphatic imine (C=N–C) groups is 3. The van der Waals surface area contributed by atoms with Crippen molar-refractivity contribution in [2.24, 2.45) is 32.7 Å². The quantitative estimate of drug-likeness (QED) is 0.212. The van der Waals surface area contributed by atoms with E-state index in [1.165, 1.54) is 7.11 Å². The third-order valence-corrected chi connectivity index (χ3v) is 11.0. The van der Waals surface area contributed by atoms with Gasteiger partial charge in [0.15, 0.2) is 0 Å². The fourth-order valence-corrected chi connectivity index (χ4v) is 7.98. The molecule has 0 spiro atoms. The van der Waals surface area contributed by atoms with Crippen LogP contribution < -0.4 is 10.6 Å². The molecule has 0 saturated carbocycles. The largest absolute Gasteiger partial charge is 0.510 e. The molecular weight excluding hydrogens is 654 g/mol. The number of allylic oxidation sites excluding steroid dienone is 11. The van der Waals surface area contributed by atoms with Gasteiger partial charge in [0.05, 0.1) is 47.9 Å². The number of ether oxygens (including phenoxy) is 1. The minimum absolute atomic E-state index is 0.0778. The SMILES string of the molecule is C=CC1=C(C)C2=NC1=CC1=NC(=CC3=C(C)C4=C(O)C(C(=O)OC)C(=C5NC(=C2)[C@@H](C)[C@@H]5CCC(=O)Nc2ccc(CO)cc2)C4=N3)C(CC)=C1C. The van der Waals surface area contributed by atoms with Gasteiger partial charge in [-0.05, 0) is 91.8 Å². The molecule has 3 atom stereocenters. The van der Waals surface area contributed by atoms with Crippen LogP contribution in [0, 0.1) is 17.8 Å². The smallest absolute Gasteiger partial charge is 0.321 e. The summed E-state index contributed by atoms with van der Waals surface area (Å²) in [5.74, 6) is -2.32. The first kappa shape index (κ1) is 34.8. The summed E-state index contributed by atoms with van der Waals surface area (Å²) in [5.41, 5.74) is 13.2. The highest BCUT2D eigenvalue weighted by atomic mass is 16.5. The minimum atomic E-state index is -1.09. The monoisotopic (exact) mass is 697 g/mol. The van der Waals surface area contributed by atoms with Crippen molar-refractivity contribution >= 4 is 34.7 Å². The van der Waals surface area contributed by atoms with E-state index in [1.807, 2.05) is 38.2 Å². The number of fused-ring (bicyclic) bond motifs is 5. The Kier molecular flexibility index (Phi) is 9.04. The lowest BCUT2D eigenvalue weighted by molar-refractivity contribution is -0.143. The van der Waals surface area contributed by atoms with Gasteiger partial charge in [-0.2, -0.15) is 0 Å². The number of carbonyl (C=O) groups excluding carboxylic acids is 2. The van der Waals surface area contributed by atoms with Crippen LogP contribution in [0.3, 0.4) is 0 Å². The third kappa shape index (κ3) is 5.67. The number of benzene rings is 1. The first-order valence-corrected chi connectivity index (χ1v) is 17.7. The van der Waals surface area contributed by atoms with E-state index >= 15 is 0 Å². The van der Waals surface area contributed by atoms with Crippen molar-refractivity contribution in [3.63, 3.8) is 0 Å². The number of carbonyl (C=O) groups is 2. The molecule has 5 heterocycles. The van der Waals surface area contributed by atoms with Gasteiger partial charge in [-0.15, -0.1) is 0 Å². The Balaban J connectivity index is 1.39. The molecule has 1 saturated heterocycles. The zero-order chi connectivity index (χ0) is 37.0. The van der Waals surface area contributed by atoms with E-state index in [2.05, 4.69) is 38.0 Å². The second kappa shape index (κ2) is 13.5. The lowest BCUT2D eigenvalue weighted by Crippen LogP contribution is -2.25. The number of aliphatic hydroxyl groups is 2. The molecule has 6 aliphatic rings. The topological polar surface area (TPSA) is 145 Å². The lowest BCUT2D eigenvalue weighted by Gasteiger charge is -2.20. The Labute approximate surface area is 303 Å². The van der Waals surface area contributed by atoms with Gasteiger partial charge >= 0.3 is 5.97 Å². The second-order valence-electron chi connectivity index (χ2n) is 13.8. The van der Waals surface area contributed by atoms with Crippen molar-refractivity contribution in [2.75, 3.05) is 12.4 Å². The molecular formula is C42H43N5O5. The molecule has 5 aliphatic heterocycles. The molecule has 1 aliphatic carbocycles. The van der Waals surface area contributed by atoms with Crippen LogP contribution >= 0.6 is 0 Å².